The Hall–Kier alpha value is -1.15. The molecule has 7 nitrogen and oxygen atoms in total. The number of nitrogens with one attached hydrogen (secondary N) is 1. The molecule has 0 radical (unpaired) electrons. The summed E-state index contributed by atoms with van der Waals surface area (Å²) < 4.78 is 25.1. The van der Waals surface area contributed by atoms with Crippen LogP contribution in [0, 0.1) is 0 Å². The highest BCUT2D eigenvalue weighted by Gasteiger charge is 2.24. The van der Waals surface area contributed by atoms with Gasteiger partial charge in [0.05, 0.1) is 12.2 Å². The molecule has 1 aliphatic heterocycles. The van der Waals surface area contributed by atoms with Gasteiger partial charge in [0.2, 0.25) is 15.9 Å². The highest BCUT2D eigenvalue weighted by molar-refractivity contribution is 7.89. The fraction of sp³-hybridized carbons (Fsp3) is 0.818. The molecular formula is C11H20N2O5S. The van der Waals surface area contributed by atoms with Crippen molar-refractivity contribution < 1.29 is 23.1 Å². The van der Waals surface area contributed by atoms with Crippen LogP contribution in [0.15, 0.2) is 0 Å². The fourth-order valence-electron chi connectivity index (χ4n) is 1.91. The number of carboxylic acids is 1. The summed E-state index contributed by atoms with van der Waals surface area (Å²) in [4.78, 5) is 21.6. The Balaban J connectivity index is 2.18. The zero-order valence-electron chi connectivity index (χ0n) is 10.8. The van der Waals surface area contributed by atoms with Gasteiger partial charge in [0.15, 0.2) is 0 Å². The number of nitrogens with zero attached hydrogens (tertiary/aromatic N) is 1. The number of amides is 1. The molecule has 0 atom stereocenters. The van der Waals surface area contributed by atoms with E-state index in [9.17, 15) is 18.0 Å². The van der Waals surface area contributed by atoms with Gasteiger partial charge < -0.3 is 10.4 Å². The van der Waals surface area contributed by atoms with Gasteiger partial charge in [0.25, 0.3) is 0 Å². The molecule has 1 fully saturated rings. The molecule has 1 rings (SSSR count). The zero-order chi connectivity index (χ0) is 14.3. The standard InChI is InChI=1S/C11H20N2O5S/c14-10(12-6-5-11(15)16)4-3-9-19(17,18)13-7-1-2-8-13/h1-9H2,(H,12,14)(H,15,16). The van der Waals surface area contributed by atoms with Crippen LogP contribution in [0.5, 0.6) is 0 Å². The van der Waals surface area contributed by atoms with Gasteiger partial charge in [-0.3, -0.25) is 9.59 Å². The van der Waals surface area contributed by atoms with Crippen molar-refractivity contribution in [2.75, 3.05) is 25.4 Å². The van der Waals surface area contributed by atoms with E-state index in [0.717, 1.165) is 12.8 Å². The summed E-state index contributed by atoms with van der Waals surface area (Å²) in [5.41, 5.74) is 0. The van der Waals surface area contributed by atoms with Crippen molar-refractivity contribution in [2.45, 2.75) is 32.1 Å². The van der Waals surface area contributed by atoms with Crippen LogP contribution in [0.2, 0.25) is 0 Å². The molecule has 0 aromatic carbocycles. The predicted molar refractivity (Wildman–Crippen MR) is 69.1 cm³/mol. The topological polar surface area (TPSA) is 104 Å². The van der Waals surface area contributed by atoms with Crippen LogP contribution in [0.3, 0.4) is 0 Å². The molecule has 0 aromatic rings. The van der Waals surface area contributed by atoms with E-state index in [4.69, 9.17) is 5.11 Å². The minimum Gasteiger partial charge on any atom is -0.481 e. The number of carbonyl (C=O) groups is 2. The SMILES string of the molecule is O=C(O)CCNC(=O)CCCS(=O)(=O)N1CCCC1. The average molecular weight is 292 g/mol. The first-order valence-electron chi connectivity index (χ1n) is 6.38. The van der Waals surface area contributed by atoms with Crippen LogP contribution in [0.25, 0.3) is 0 Å². The summed E-state index contributed by atoms with van der Waals surface area (Å²) in [5.74, 6) is -1.31. The molecule has 19 heavy (non-hydrogen) atoms. The van der Waals surface area contributed by atoms with Gasteiger partial charge in [-0.1, -0.05) is 0 Å². The maximum absolute atomic E-state index is 11.8. The van der Waals surface area contributed by atoms with Gasteiger partial charge in [-0.2, -0.15) is 0 Å². The van der Waals surface area contributed by atoms with Crippen molar-refractivity contribution in [1.82, 2.24) is 9.62 Å². The van der Waals surface area contributed by atoms with Crippen molar-refractivity contribution in [3.8, 4) is 0 Å². The smallest absolute Gasteiger partial charge is 0.305 e. The van der Waals surface area contributed by atoms with Crippen LogP contribution >= 0.6 is 0 Å². The Morgan fingerprint density at radius 1 is 1.16 bits per heavy atom. The Bertz CT molecular complexity index is 415. The van der Waals surface area contributed by atoms with Crippen LogP contribution in [-0.2, 0) is 19.6 Å². The van der Waals surface area contributed by atoms with E-state index < -0.39 is 16.0 Å². The van der Waals surface area contributed by atoms with Gasteiger partial charge >= 0.3 is 5.97 Å². The summed E-state index contributed by atoms with van der Waals surface area (Å²) in [5, 5.41) is 10.8. The van der Waals surface area contributed by atoms with E-state index in [0.29, 0.717) is 13.1 Å². The van der Waals surface area contributed by atoms with E-state index in [1.54, 1.807) is 0 Å². The van der Waals surface area contributed by atoms with Crippen molar-refractivity contribution in [1.29, 1.82) is 0 Å². The number of carbonyl (C=O) groups excluding carboxylic acids is 1. The van der Waals surface area contributed by atoms with Crippen molar-refractivity contribution >= 4 is 21.9 Å². The number of carboxylic acid groups (broad SMARTS) is 1. The molecule has 8 heteroatoms. The Morgan fingerprint density at radius 2 is 1.79 bits per heavy atom. The number of rotatable bonds is 8. The zero-order valence-corrected chi connectivity index (χ0v) is 11.6. The Morgan fingerprint density at radius 3 is 2.37 bits per heavy atom. The van der Waals surface area contributed by atoms with Gasteiger partial charge in [0, 0.05) is 26.1 Å². The highest BCUT2D eigenvalue weighted by atomic mass is 32.2. The monoisotopic (exact) mass is 292 g/mol. The lowest BCUT2D eigenvalue weighted by Gasteiger charge is -2.14. The quantitative estimate of drug-likeness (QED) is 0.644. The maximum Gasteiger partial charge on any atom is 0.305 e. The molecule has 0 spiro atoms. The van der Waals surface area contributed by atoms with E-state index in [-0.39, 0.29) is 37.5 Å². The minimum atomic E-state index is -3.23. The van der Waals surface area contributed by atoms with Gasteiger partial charge in [-0.05, 0) is 19.3 Å². The van der Waals surface area contributed by atoms with Gasteiger partial charge in [-0.25, -0.2) is 12.7 Å². The van der Waals surface area contributed by atoms with Crippen LogP contribution in [-0.4, -0.2) is 55.1 Å². The number of aliphatic carboxylic acids is 1. The summed E-state index contributed by atoms with van der Waals surface area (Å²) in [6.45, 7) is 1.23. The third-order valence-corrected chi connectivity index (χ3v) is 4.88. The first-order chi connectivity index (χ1) is 8.92. The molecular weight excluding hydrogens is 272 g/mol. The highest BCUT2D eigenvalue weighted by Crippen LogP contribution is 2.14. The van der Waals surface area contributed by atoms with E-state index in [1.807, 2.05) is 0 Å². The van der Waals surface area contributed by atoms with Crippen LogP contribution < -0.4 is 5.32 Å². The van der Waals surface area contributed by atoms with Gasteiger partial charge in [0.1, 0.15) is 0 Å². The molecule has 1 aliphatic rings. The minimum absolute atomic E-state index is 0.0284. The molecule has 0 aliphatic carbocycles. The summed E-state index contributed by atoms with van der Waals surface area (Å²) in [6, 6.07) is 0. The number of hydrogen-bond donors (Lipinski definition) is 2. The molecule has 0 aromatic heterocycles. The second kappa shape index (κ2) is 7.44. The first-order valence-corrected chi connectivity index (χ1v) is 7.99. The second-order valence-electron chi connectivity index (χ2n) is 4.52. The summed E-state index contributed by atoms with van der Waals surface area (Å²) in [7, 11) is -3.23. The predicted octanol–water partition coefficient (Wildman–Crippen LogP) is -0.217. The molecule has 1 saturated heterocycles. The molecule has 0 saturated carbocycles. The van der Waals surface area contributed by atoms with Crippen LogP contribution in [0.4, 0.5) is 0 Å². The van der Waals surface area contributed by atoms with E-state index in [2.05, 4.69) is 5.32 Å². The largest absolute Gasteiger partial charge is 0.481 e. The van der Waals surface area contributed by atoms with Gasteiger partial charge in [-0.15, -0.1) is 0 Å². The number of sulfonamides is 1. The lowest BCUT2D eigenvalue weighted by Crippen LogP contribution is -2.31. The third-order valence-electron chi connectivity index (χ3n) is 2.93. The number of hydrogen-bond acceptors (Lipinski definition) is 4. The Kier molecular flexibility index (Phi) is 6.23. The van der Waals surface area contributed by atoms with Crippen molar-refractivity contribution in [3.63, 3.8) is 0 Å². The average Bonchev–Trinajstić information content (AvgIpc) is 2.82. The molecule has 1 heterocycles. The lowest BCUT2D eigenvalue weighted by atomic mass is 10.3. The normalized spacial score (nSPS) is 16.4. The fourth-order valence-corrected chi connectivity index (χ4v) is 3.49. The summed E-state index contributed by atoms with van der Waals surface area (Å²) in [6.07, 6.45) is 2.03. The molecule has 0 bridgehead atoms. The lowest BCUT2D eigenvalue weighted by molar-refractivity contribution is -0.136. The maximum atomic E-state index is 11.8. The third kappa shape index (κ3) is 6.02. The molecule has 0 unspecified atom stereocenters. The second-order valence-corrected chi connectivity index (χ2v) is 6.61. The van der Waals surface area contributed by atoms with E-state index in [1.165, 1.54) is 4.31 Å². The molecule has 1 amide bonds. The van der Waals surface area contributed by atoms with E-state index >= 15 is 0 Å². The first kappa shape index (κ1) is 15.9. The van der Waals surface area contributed by atoms with Crippen LogP contribution in [0.1, 0.15) is 32.1 Å². The molecule has 2 N–H and O–H groups in total. The summed E-state index contributed by atoms with van der Waals surface area (Å²) >= 11 is 0. The van der Waals surface area contributed by atoms with Crippen molar-refractivity contribution in [2.24, 2.45) is 0 Å². The Labute approximate surface area is 113 Å². The van der Waals surface area contributed by atoms with Crippen molar-refractivity contribution in [3.05, 3.63) is 0 Å². The molecule has 110 valence electrons.